The predicted octanol–water partition coefficient (Wildman–Crippen LogP) is 15.3. The van der Waals surface area contributed by atoms with Gasteiger partial charge in [-0.05, 0) is 116 Å². The third kappa shape index (κ3) is 5.34. The number of hydrogen-bond donors (Lipinski definition) is 1. The van der Waals surface area contributed by atoms with Crippen LogP contribution in [0, 0.1) is 0 Å². The third-order valence-corrected chi connectivity index (χ3v) is 15.7. The molecule has 1 N–H and O–H groups in total. The number of aromatic nitrogens is 1. The number of fused-ring (bicyclic) bond motifs is 14. The lowest BCUT2D eigenvalue weighted by atomic mass is 9.58. The van der Waals surface area contributed by atoms with Crippen molar-refractivity contribution < 1.29 is 4.42 Å². The Morgan fingerprint density at radius 2 is 1.30 bits per heavy atom. The van der Waals surface area contributed by atoms with Gasteiger partial charge in [0, 0.05) is 75.3 Å². The summed E-state index contributed by atoms with van der Waals surface area (Å²) in [5, 5.41) is 11.3. The van der Waals surface area contributed by atoms with Gasteiger partial charge in [-0.3, -0.25) is 0 Å². The average Bonchev–Trinajstić information content (AvgIpc) is 3.98. The molecule has 0 spiro atoms. The van der Waals surface area contributed by atoms with E-state index in [4.69, 9.17) is 4.42 Å². The molecule has 0 atom stereocenters. The van der Waals surface area contributed by atoms with Crippen molar-refractivity contribution in [2.75, 3.05) is 5.32 Å². The van der Waals surface area contributed by atoms with Crippen molar-refractivity contribution in [1.29, 1.82) is 0 Å². The third-order valence-electron chi connectivity index (χ3n) is 14.5. The van der Waals surface area contributed by atoms with Crippen molar-refractivity contribution in [1.82, 2.24) is 4.57 Å². The van der Waals surface area contributed by atoms with E-state index in [0.717, 1.165) is 33.3 Å². The molecule has 0 fully saturated rings. The van der Waals surface area contributed by atoms with E-state index in [2.05, 4.69) is 212 Å². The Morgan fingerprint density at radius 1 is 0.547 bits per heavy atom. The van der Waals surface area contributed by atoms with Crippen LogP contribution < -0.4 is 16.2 Å². The Labute approximate surface area is 378 Å². The van der Waals surface area contributed by atoms with Crippen molar-refractivity contribution in [3.8, 4) is 27.9 Å². The van der Waals surface area contributed by atoms with Gasteiger partial charge in [0.15, 0.2) is 7.28 Å². The Balaban J connectivity index is 1.10. The number of hydrogen-bond acceptors (Lipinski definition) is 3. The number of nitrogens with one attached hydrogen (secondary N) is 1. The highest BCUT2D eigenvalue weighted by atomic mass is 32.1. The van der Waals surface area contributed by atoms with Crippen LogP contribution in [0.5, 0.6) is 0 Å². The first kappa shape index (κ1) is 38.0. The zero-order chi connectivity index (χ0) is 43.6. The summed E-state index contributed by atoms with van der Waals surface area (Å²) in [5.74, 6) is 0. The lowest BCUT2D eigenvalue weighted by Gasteiger charge is -2.27. The molecule has 8 aromatic carbocycles. The molecule has 3 aromatic heterocycles. The number of rotatable bonds is 3. The Kier molecular flexibility index (Phi) is 7.59. The van der Waals surface area contributed by atoms with E-state index in [9.17, 15) is 0 Å². The van der Waals surface area contributed by atoms with Crippen LogP contribution in [0.2, 0.25) is 0 Å². The smallest absolute Gasteiger partial charge is 0.197 e. The quantitative estimate of drug-likeness (QED) is 0.180. The van der Waals surface area contributed by atoms with Gasteiger partial charge >= 0.3 is 0 Å². The summed E-state index contributed by atoms with van der Waals surface area (Å²) in [6.45, 7) is 18.5. The van der Waals surface area contributed by atoms with Crippen molar-refractivity contribution in [3.05, 3.63) is 162 Å². The van der Waals surface area contributed by atoms with Crippen molar-refractivity contribution >= 4 is 105 Å². The van der Waals surface area contributed by atoms with Crippen LogP contribution in [-0.2, 0) is 16.2 Å². The largest absolute Gasteiger partial charge is 0.456 e. The number of thiophene rings is 1. The lowest BCUT2D eigenvalue weighted by Crippen LogP contribution is -2.37. The summed E-state index contributed by atoms with van der Waals surface area (Å²) in [4.78, 5) is 0. The minimum Gasteiger partial charge on any atom is -0.456 e. The molecule has 2 aliphatic rings. The Bertz CT molecular complexity index is 3830. The SMILES string of the molecule is CC(C)(C)c1ccc(Nc2cc3c(cc2-c2ccc4c5cc6oc7ccccc7c6cc5n5c4c2[B]c2cc4c(cc2-5)C(C)(C)c2ccccc2-4)sc2ccc(C(C)(C)C)cc23)cc1. The van der Waals surface area contributed by atoms with Gasteiger partial charge in [0.2, 0.25) is 0 Å². The molecule has 64 heavy (non-hydrogen) atoms. The fourth-order valence-electron chi connectivity index (χ4n) is 11.0. The maximum atomic E-state index is 6.55. The second kappa shape index (κ2) is 12.8. The molecule has 0 bridgehead atoms. The summed E-state index contributed by atoms with van der Waals surface area (Å²) in [7, 11) is 2.48. The lowest BCUT2D eigenvalue weighted by molar-refractivity contribution is 0.590. The second-order valence-electron chi connectivity index (χ2n) is 20.9. The molecule has 4 heterocycles. The zero-order valence-corrected chi connectivity index (χ0v) is 38.4. The topological polar surface area (TPSA) is 30.1 Å². The van der Waals surface area contributed by atoms with E-state index < -0.39 is 0 Å². The van der Waals surface area contributed by atoms with Crippen LogP contribution in [0.4, 0.5) is 11.4 Å². The first-order valence-electron chi connectivity index (χ1n) is 22.7. The zero-order valence-electron chi connectivity index (χ0n) is 37.6. The molecule has 0 unspecified atom stereocenters. The molecule has 11 aromatic rings. The second-order valence-corrected chi connectivity index (χ2v) is 22.0. The minimum absolute atomic E-state index is 0.0501. The van der Waals surface area contributed by atoms with Crippen molar-refractivity contribution in [2.24, 2.45) is 0 Å². The van der Waals surface area contributed by atoms with Crippen LogP contribution in [0.3, 0.4) is 0 Å². The summed E-state index contributed by atoms with van der Waals surface area (Å²) in [5.41, 5.74) is 20.6. The summed E-state index contributed by atoms with van der Waals surface area (Å²) in [6, 6.07) is 52.7. The highest BCUT2D eigenvalue weighted by molar-refractivity contribution is 7.25. The number of nitrogens with zero attached hydrogens (tertiary/aromatic N) is 1. The van der Waals surface area contributed by atoms with Gasteiger partial charge < -0.3 is 14.3 Å². The van der Waals surface area contributed by atoms with Crippen molar-refractivity contribution in [2.45, 2.75) is 71.6 Å². The van der Waals surface area contributed by atoms with Crippen LogP contribution in [0.15, 0.2) is 144 Å². The standard InChI is InChI=1S/C59H48BN2OS/c1-57(2,3)32-17-20-34(21-18-32)61-48-27-44-43-25-33(58(4,5)6)19-24-53(43)64-54(44)30-40(48)37-22-23-38-41-29-52-42(36-14-10-12-16-51(36)63-52)28-49(41)62-50-31-46-39(26-47(50)60-55(37)56(38)62)35-13-9-11-15-45(35)59(46,7)8/h9-31,61H,1-8H3. The summed E-state index contributed by atoms with van der Waals surface area (Å²) in [6.07, 6.45) is 0. The molecule has 1 aliphatic carbocycles. The van der Waals surface area contributed by atoms with E-state index in [1.807, 2.05) is 11.3 Å². The molecular formula is C59H48BN2OS. The van der Waals surface area contributed by atoms with E-state index in [-0.39, 0.29) is 16.2 Å². The van der Waals surface area contributed by atoms with Crippen LogP contribution in [0.25, 0.3) is 91.9 Å². The molecular weight excluding hydrogens is 796 g/mol. The van der Waals surface area contributed by atoms with Crippen LogP contribution in [0.1, 0.15) is 77.6 Å². The van der Waals surface area contributed by atoms with Gasteiger partial charge in [0.25, 0.3) is 0 Å². The van der Waals surface area contributed by atoms with E-state index >= 15 is 0 Å². The fraction of sp³-hybridized carbons (Fsp3) is 0.186. The highest BCUT2D eigenvalue weighted by Gasteiger charge is 2.38. The highest BCUT2D eigenvalue weighted by Crippen LogP contribution is 2.50. The summed E-state index contributed by atoms with van der Waals surface area (Å²) < 4.78 is 11.7. The maximum Gasteiger partial charge on any atom is 0.197 e. The normalized spacial score (nSPS) is 14.2. The molecule has 1 aliphatic heterocycles. The Morgan fingerprint density at radius 3 is 2.11 bits per heavy atom. The fourth-order valence-corrected chi connectivity index (χ4v) is 12.1. The van der Waals surface area contributed by atoms with E-state index in [0.29, 0.717) is 0 Å². The first-order chi connectivity index (χ1) is 30.7. The molecule has 13 rings (SSSR count). The molecule has 3 nitrogen and oxygen atoms in total. The summed E-state index contributed by atoms with van der Waals surface area (Å²) >= 11 is 1.89. The average molecular weight is 844 g/mol. The van der Waals surface area contributed by atoms with E-state index in [1.165, 1.54) is 103 Å². The van der Waals surface area contributed by atoms with Crippen LogP contribution >= 0.6 is 11.3 Å². The number of benzene rings is 8. The van der Waals surface area contributed by atoms with E-state index in [1.54, 1.807) is 0 Å². The predicted molar refractivity (Wildman–Crippen MR) is 276 cm³/mol. The molecule has 0 saturated carbocycles. The van der Waals surface area contributed by atoms with Gasteiger partial charge in [-0.2, -0.15) is 0 Å². The first-order valence-corrected chi connectivity index (χ1v) is 23.5. The maximum absolute atomic E-state index is 6.55. The molecule has 309 valence electrons. The minimum atomic E-state index is -0.127. The van der Waals surface area contributed by atoms with Gasteiger partial charge in [0.1, 0.15) is 11.2 Å². The molecule has 5 heteroatoms. The van der Waals surface area contributed by atoms with Gasteiger partial charge in [0.05, 0.1) is 5.52 Å². The monoisotopic (exact) mass is 843 g/mol. The molecule has 0 amide bonds. The van der Waals surface area contributed by atoms with Crippen LogP contribution in [-0.4, -0.2) is 11.8 Å². The number of anilines is 2. The van der Waals surface area contributed by atoms with Gasteiger partial charge in [-0.15, -0.1) is 11.3 Å². The van der Waals surface area contributed by atoms with Gasteiger partial charge in [-0.25, -0.2) is 0 Å². The number of para-hydroxylation sites is 1. The Hall–Kier alpha value is -6.56. The van der Waals surface area contributed by atoms with Crippen molar-refractivity contribution in [3.63, 3.8) is 0 Å². The molecule has 1 radical (unpaired) electrons. The number of furan rings is 1. The molecule has 0 saturated heterocycles. The van der Waals surface area contributed by atoms with Gasteiger partial charge in [-0.1, -0.05) is 140 Å².